The molecule has 1 rings (SSSR count). The van der Waals surface area contributed by atoms with Gasteiger partial charge < -0.3 is 5.11 Å². The molecule has 0 spiro atoms. The van der Waals surface area contributed by atoms with E-state index in [1.165, 1.54) is 51.4 Å². The number of hydrogen-bond donors (Lipinski definition) is 1. The molecule has 16 heavy (non-hydrogen) atoms. The smallest absolute Gasteiger partial charge is 0.0596 e. The number of aliphatic hydroxyl groups excluding tert-OH is 1. The molecule has 96 valence electrons. The molecule has 1 fully saturated rings. The summed E-state index contributed by atoms with van der Waals surface area (Å²) in [7, 11) is 0. The quantitative estimate of drug-likeness (QED) is 0.632. The Balaban J connectivity index is 2.48. The van der Waals surface area contributed by atoms with Crippen molar-refractivity contribution in [3.63, 3.8) is 0 Å². The summed E-state index contributed by atoms with van der Waals surface area (Å²) in [6, 6.07) is 0. The van der Waals surface area contributed by atoms with E-state index < -0.39 is 0 Å². The highest BCUT2D eigenvalue weighted by Crippen LogP contribution is 2.47. The van der Waals surface area contributed by atoms with Gasteiger partial charge in [-0.25, -0.2) is 0 Å². The van der Waals surface area contributed by atoms with Crippen molar-refractivity contribution in [1.82, 2.24) is 0 Å². The summed E-state index contributed by atoms with van der Waals surface area (Å²) in [6.45, 7) is 6.81. The van der Waals surface area contributed by atoms with Crippen molar-refractivity contribution >= 4 is 0 Å². The second kappa shape index (κ2) is 6.64. The Bertz CT molecular complexity index is 180. The van der Waals surface area contributed by atoms with Crippen LogP contribution in [0.3, 0.4) is 0 Å². The molecule has 0 bridgehead atoms. The summed E-state index contributed by atoms with van der Waals surface area (Å²) in [4.78, 5) is 0. The van der Waals surface area contributed by atoms with Crippen molar-refractivity contribution in [1.29, 1.82) is 0 Å². The van der Waals surface area contributed by atoms with Gasteiger partial charge in [0, 0.05) is 0 Å². The summed E-state index contributed by atoms with van der Waals surface area (Å²) in [5.41, 5.74) is 0.280. The van der Waals surface area contributed by atoms with Crippen molar-refractivity contribution < 1.29 is 5.11 Å². The van der Waals surface area contributed by atoms with E-state index in [4.69, 9.17) is 0 Å². The topological polar surface area (TPSA) is 20.2 Å². The summed E-state index contributed by atoms with van der Waals surface area (Å²) in [5, 5.41) is 10.5. The Kier molecular flexibility index (Phi) is 5.82. The fraction of sp³-hybridized carbons (Fsp3) is 1.00. The minimum Gasteiger partial charge on any atom is -0.393 e. The third kappa shape index (κ3) is 3.76. The highest BCUT2D eigenvalue weighted by atomic mass is 16.3. The van der Waals surface area contributed by atoms with Gasteiger partial charge in [-0.15, -0.1) is 0 Å². The van der Waals surface area contributed by atoms with Crippen LogP contribution in [0.25, 0.3) is 0 Å². The van der Waals surface area contributed by atoms with Gasteiger partial charge in [-0.3, -0.25) is 0 Å². The molecule has 1 aliphatic rings. The van der Waals surface area contributed by atoms with Gasteiger partial charge in [0.1, 0.15) is 0 Å². The van der Waals surface area contributed by atoms with Crippen LogP contribution < -0.4 is 0 Å². The fourth-order valence-corrected chi connectivity index (χ4v) is 3.46. The van der Waals surface area contributed by atoms with Crippen molar-refractivity contribution in [2.75, 3.05) is 0 Å². The first-order chi connectivity index (χ1) is 7.60. The maximum Gasteiger partial charge on any atom is 0.0596 e. The first-order valence-electron chi connectivity index (χ1n) is 7.29. The van der Waals surface area contributed by atoms with Crippen LogP contribution in [0.1, 0.15) is 78.6 Å². The second-order valence-electron chi connectivity index (χ2n) is 6.18. The number of aliphatic hydroxyl groups is 1. The van der Waals surface area contributed by atoms with Crippen molar-refractivity contribution in [2.45, 2.75) is 84.7 Å². The van der Waals surface area contributed by atoms with Crippen molar-refractivity contribution in [2.24, 2.45) is 11.3 Å². The molecule has 1 N–H and O–H groups in total. The fourth-order valence-electron chi connectivity index (χ4n) is 3.46. The number of rotatable bonds is 7. The summed E-state index contributed by atoms with van der Waals surface area (Å²) >= 11 is 0. The number of hydrogen-bond acceptors (Lipinski definition) is 1. The summed E-state index contributed by atoms with van der Waals surface area (Å²) in [6.07, 6.45) is 11.1. The maximum atomic E-state index is 10.5. The highest BCUT2D eigenvalue weighted by molar-refractivity contribution is 4.91. The van der Waals surface area contributed by atoms with Gasteiger partial charge in [0.05, 0.1) is 6.10 Å². The van der Waals surface area contributed by atoms with E-state index in [9.17, 15) is 5.11 Å². The van der Waals surface area contributed by atoms with Crippen molar-refractivity contribution in [3.8, 4) is 0 Å². The molecular weight excluding hydrogens is 196 g/mol. The molecule has 0 aromatic rings. The molecule has 0 saturated heterocycles. The largest absolute Gasteiger partial charge is 0.393 e. The molecule has 0 aromatic heterocycles. The minimum atomic E-state index is -0.0380. The van der Waals surface area contributed by atoms with E-state index in [0.717, 1.165) is 12.3 Å². The Hall–Kier alpha value is -0.0400. The van der Waals surface area contributed by atoms with Crippen LogP contribution in [0, 0.1) is 11.3 Å². The molecule has 0 radical (unpaired) electrons. The standard InChI is InChI=1S/C15H30O/c1-4-5-6-9-14(16)15(12-13(2)3)10-7-8-11-15/h13-14,16H,4-12H2,1-3H3. The van der Waals surface area contributed by atoms with Gasteiger partial charge in [0.2, 0.25) is 0 Å². The molecule has 1 atom stereocenters. The number of unbranched alkanes of at least 4 members (excludes halogenated alkanes) is 2. The van der Waals surface area contributed by atoms with Crippen LogP contribution in [-0.4, -0.2) is 11.2 Å². The third-order valence-electron chi connectivity index (χ3n) is 4.20. The predicted octanol–water partition coefficient (Wildman–Crippen LogP) is 4.53. The van der Waals surface area contributed by atoms with Gasteiger partial charge in [0.25, 0.3) is 0 Å². The lowest BCUT2D eigenvalue weighted by atomic mass is 9.72. The Labute approximate surface area is 102 Å². The van der Waals surface area contributed by atoms with E-state index >= 15 is 0 Å². The molecule has 0 heterocycles. The normalized spacial score (nSPS) is 21.6. The lowest BCUT2D eigenvalue weighted by molar-refractivity contribution is 0.00547. The van der Waals surface area contributed by atoms with Gasteiger partial charge in [-0.05, 0) is 37.0 Å². The lowest BCUT2D eigenvalue weighted by Gasteiger charge is -2.36. The Morgan fingerprint density at radius 1 is 1.12 bits per heavy atom. The molecule has 1 heteroatoms. The first-order valence-corrected chi connectivity index (χ1v) is 7.29. The second-order valence-corrected chi connectivity index (χ2v) is 6.18. The zero-order valence-electron chi connectivity index (χ0n) is 11.5. The van der Waals surface area contributed by atoms with Crippen LogP contribution in [-0.2, 0) is 0 Å². The molecule has 1 nitrogen and oxygen atoms in total. The van der Waals surface area contributed by atoms with Gasteiger partial charge in [-0.2, -0.15) is 0 Å². The van der Waals surface area contributed by atoms with Crippen LogP contribution in [0.2, 0.25) is 0 Å². The van der Waals surface area contributed by atoms with Crippen LogP contribution in [0.4, 0.5) is 0 Å². The monoisotopic (exact) mass is 226 g/mol. The van der Waals surface area contributed by atoms with E-state index in [-0.39, 0.29) is 11.5 Å². The van der Waals surface area contributed by atoms with Crippen LogP contribution in [0.15, 0.2) is 0 Å². The molecule has 1 saturated carbocycles. The summed E-state index contributed by atoms with van der Waals surface area (Å²) < 4.78 is 0. The zero-order chi connectivity index (χ0) is 12.0. The molecule has 0 amide bonds. The molecule has 1 unspecified atom stereocenters. The van der Waals surface area contributed by atoms with E-state index in [1.807, 2.05) is 0 Å². The van der Waals surface area contributed by atoms with Crippen LogP contribution in [0.5, 0.6) is 0 Å². The molecule has 0 aromatic carbocycles. The average Bonchev–Trinajstić information content (AvgIpc) is 2.67. The van der Waals surface area contributed by atoms with Crippen LogP contribution >= 0.6 is 0 Å². The SMILES string of the molecule is CCCCCC(O)C1(CC(C)C)CCCC1. The zero-order valence-corrected chi connectivity index (χ0v) is 11.5. The first kappa shape index (κ1) is 14.0. The molecule has 1 aliphatic carbocycles. The van der Waals surface area contributed by atoms with Gasteiger partial charge >= 0.3 is 0 Å². The van der Waals surface area contributed by atoms with Crippen molar-refractivity contribution in [3.05, 3.63) is 0 Å². The van der Waals surface area contributed by atoms with E-state index in [2.05, 4.69) is 20.8 Å². The maximum absolute atomic E-state index is 10.5. The highest BCUT2D eigenvalue weighted by Gasteiger charge is 2.40. The lowest BCUT2D eigenvalue weighted by Crippen LogP contribution is -2.34. The van der Waals surface area contributed by atoms with Gasteiger partial charge in [0.15, 0.2) is 0 Å². The third-order valence-corrected chi connectivity index (χ3v) is 4.20. The Morgan fingerprint density at radius 3 is 2.25 bits per heavy atom. The van der Waals surface area contributed by atoms with Gasteiger partial charge in [-0.1, -0.05) is 52.9 Å². The summed E-state index contributed by atoms with van der Waals surface area (Å²) in [5.74, 6) is 0.721. The molecular formula is C15H30O. The predicted molar refractivity (Wildman–Crippen MR) is 70.5 cm³/mol. The average molecular weight is 226 g/mol. The van der Waals surface area contributed by atoms with E-state index in [1.54, 1.807) is 0 Å². The Morgan fingerprint density at radius 2 is 1.75 bits per heavy atom. The molecule has 0 aliphatic heterocycles. The minimum absolute atomic E-state index is 0.0380. The van der Waals surface area contributed by atoms with E-state index in [0.29, 0.717) is 0 Å².